The number of hydrogen-bond donors (Lipinski definition) is 1. The molecule has 1 aromatic carbocycles. The van der Waals surface area contributed by atoms with E-state index in [-0.39, 0.29) is 22.8 Å². The van der Waals surface area contributed by atoms with Crippen molar-refractivity contribution in [3.05, 3.63) is 53.1 Å². The number of anilines is 1. The Morgan fingerprint density at radius 2 is 1.85 bits per heavy atom. The summed E-state index contributed by atoms with van der Waals surface area (Å²) in [6.07, 6.45) is 5.29. The lowest BCUT2D eigenvalue weighted by Gasteiger charge is -2.33. The number of halogens is 2. The van der Waals surface area contributed by atoms with Crippen molar-refractivity contribution in [2.24, 2.45) is 0 Å². The summed E-state index contributed by atoms with van der Waals surface area (Å²) in [5, 5.41) is 6.54. The predicted molar refractivity (Wildman–Crippen MR) is 121 cm³/mol. The molecule has 2 amide bonds. The lowest BCUT2D eigenvalue weighted by molar-refractivity contribution is 0.0205. The van der Waals surface area contributed by atoms with E-state index >= 15 is 0 Å². The zero-order valence-corrected chi connectivity index (χ0v) is 19.7. The van der Waals surface area contributed by atoms with Crippen LogP contribution in [0.4, 0.5) is 18.7 Å². The van der Waals surface area contributed by atoms with Crippen LogP contribution in [-0.4, -0.2) is 55.3 Å². The molecule has 1 fully saturated rings. The van der Waals surface area contributed by atoms with Crippen molar-refractivity contribution in [1.29, 1.82) is 0 Å². The molecule has 1 aliphatic heterocycles. The molecule has 0 atom stereocenters. The van der Waals surface area contributed by atoms with Crippen molar-refractivity contribution >= 4 is 28.5 Å². The van der Waals surface area contributed by atoms with E-state index in [2.05, 4.69) is 20.4 Å². The molecule has 1 saturated heterocycles. The average molecular weight is 491 g/mol. The topological polar surface area (TPSA) is 102 Å². The van der Waals surface area contributed by atoms with Crippen LogP contribution in [0.1, 0.15) is 54.8 Å². The monoisotopic (exact) mass is 490 g/mol. The lowest BCUT2D eigenvalue weighted by Crippen LogP contribution is -2.41. The van der Waals surface area contributed by atoms with Gasteiger partial charge in [-0.3, -0.25) is 10.1 Å². The zero-order chi connectivity index (χ0) is 24.5. The molecule has 12 heteroatoms. The number of rotatable bonds is 4. The zero-order valence-electron chi connectivity index (χ0n) is 18.9. The lowest BCUT2D eigenvalue weighted by atomic mass is 9.96. The fourth-order valence-corrected chi connectivity index (χ4v) is 4.60. The molecule has 180 valence electrons. The minimum absolute atomic E-state index is 0.110. The largest absolute Gasteiger partial charge is 0.444 e. The molecule has 0 bridgehead atoms. The minimum Gasteiger partial charge on any atom is -0.444 e. The number of ether oxygens (including phenoxy) is 1. The summed E-state index contributed by atoms with van der Waals surface area (Å²) in [5.74, 6) is -2.80. The Bertz CT molecular complexity index is 1160. The standard InChI is InChI=1S/C22H24F2N6O3S/c1-22(2,3)33-21(32)29-6-4-13(5-7-29)17-10-26-20(34-17)28-19(31)18-15(23)8-14(9-16(18)24)30-12-25-11-27-30/h8-13H,4-7H2,1-3H3,(H,26,28,31). The van der Waals surface area contributed by atoms with Gasteiger partial charge in [-0.1, -0.05) is 0 Å². The number of piperidine rings is 1. The molecular weight excluding hydrogens is 466 g/mol. The third-order valence-electron chi connectivity index (χ3n) is 5.23. The maximum Gasteiger partial charge on any atom is 0.410 e. The van der Waals surface area contributed by atoms with E-state index in [9.17, 15) is 18.4 Å². The molecule has 3 aromatic rings. The Kier molecular flexibility index (Phi) is 6.60. The van der Waals surface area contributed by atoms with Crippen LogP contribution in [-0.2, 0) is 4.74 Å². The second-order valence-electron chi connectivity index (χ2n) is 8.89. The quantitative estimate of drug-likeness (QED) is 0.583. The summed E-state index contributed by atoms with van der Waals surface area (Å²) in [7, 11) is 0. The molecular formula is C22H24F2N6O3S. The number of likely N-dealkylation sites (tertiary alicyclic amines) is 1. The van der Waals surface area contributed by atoms with Gasteiger partial charge in [0.1, 0.15) is 35.5 Å². The fourth-order valence-electron chi connectivity index (χ4n) is 3.62. The highest BCUT2D eigenvalue weighted by molar-refractivity contribution is 7.15. The number of aromatic nitrogens is 4. The highest BCUT2D eigenvalue weighted by Crippen LogP contribution is 2.34. The van der Waals surface area contributed by atoms with Gasteiger partial charge in [0.25, 0.3) is 5.91 Å². The second-order valence-corrected chi connectivity index (χ2v) is 9.95. The first-order valence-corrected chi connectivity index (χ1v) is 11.5. The second kappa shape index (κ2) is 9.45. The molecule has 0 aliphatic carbocycles. The van der Waals surface area contributed by atoms with Gasteiger partial charge in [0.15, 0.2) is 5.13 Å². The molecule has 9 nitrogen and oxygen atoms in total. The van der Waals surface area contributed by atoms with Gasteiger partial charge in [0.2, 0.25) is 0 Å². The molecule has 0 spiro atoms. The number of carbonyl (C=O) groups is 2. The SMILES string of the molecule is CC(C)(C)OC(=O)N1CCC(c2cnc(NC(=O)c3c(F)cc(-n4cncn4)cc3F)s2)CC1. The van der Waals surface area contributed by atoms with E-state index in [1.807, 2.05) is 20.8 Å². The van der Waals surface area contributed by atoms with Crippen LogP contribution in [0.25, 0.3) is 5.69 Å². The van der Waals surface area contributed by atoms with Gasteiger partial charge in [-0.2, -0.15) is 5.10 Å². The maximum absolute atomic E-state index is 14.5. The van der Waals surface area contributed by atoms with E-state index in [1.54, 1.807) is 11.1 Å². The summed E-state index contributed by atoms with van der Waals surface area (Å²) >= 11 is 1.25. The summed E-state index contributed by atoms with van der Waals surface area (Å²) < 4.78 is 35.7. The number of carbonyl (C=O) groups excluding carboxylic acids is 2. The Balaban J connectivity index is 1.38. The Labute approximate surface area is 198 Å². The Morgan fingerprint density at radius 1 is 1.18 bits per heavy atom. The van der Waals surface area contributed by atoms with Crippen LogP contribution in [0.2, 0.25) is 0 Å². The number of hydrogen-bond acceptors (Lipinski definition) is 7. The third-order valence-corrected chi connectivity index (χ3v) is 6.31. The average Bonchev–Trinajstić information content (AvgIpc) is 3.44. The van der Waals surface area contributed by atoms with Crippen LogP contribution < -0.4 is 5.32 Å². The van der Waals surface area contributed by atoms with E-state index in [0.29, 0.717) is 13.1 Å². The Morgan fingerprint density at radius 3 is 2.44 bits per heavy atom. The number of amides is 2. The highest BCUT2D eigenvalue weighted by Gasteiger charge is 2.29. The van der Waals surface area contributed by atoms with Gasteiger partial charge in [-0.15, -0.1) is 11.3 Å². The van der Waals surface area contributed by atoms with Gasteiger partial charge in [0.05, 0.1) is 5.69 Å². The molecule has 34 heavy (non-hydrogen) atoms. The predicted octanol–water partition coefficient (Wildman–Crippen LogP) is 4.37. The number of benzene rings is 1. The van der Waals surface area contributed by atoms with E-state index < -0.39 is 28.7 Å². The first-order chi connectivity index (χ1) is 16.1. The van der Waals surface area contributed by atoms with E-state index in [0.717, 1.165) is 29.9 Å². The normalized spacial score (nSPS) is 14.8. The van der Waals surface area contributed by atoms with Crippen LogP contribution >= 0.6 is 11.3 Å². The third kappa shape index (κ3) is 5.38. The molecule has 1 aliphatic rings. The number of thiazole rings is 1. The van der Waals surface area contributed by atoms with Gasteiger partial charge in [-0.25, -0.2) is 28.2 Å². The van der Waals surface area contributed by atoms with Crippen molar-refractivity contribution in [3.63, 3.8) is 0 Å². The van der Waals surface area contributed by atoms with Crippen molar-refractivity contribution in [1.82, 2.24) is 24.6 Å². The molecule has 0 unspecified atom stereocenters. The van der Waals surface area contributed by atoms with Crippen LogP contribution in [0.5, 0.6) is 0 Å². The minimum atomic E-state index is -1.02. The first-order valence-electron chi connectivity index (χ1n) is 10.7. The number of nitrogens with one attached hydrogen (secondary N) is 1. The van der Waals surface area contributed by atoms with Gasteiger partial charge >= 0.3 is 6.09 Å². The van der Waals surface area contributed by atoms with Crippen molar-refractivity contribution < 1.29 is 23.1 Å². The molecule has 4 rings (SSSR count). The summed E-state index contributed by atoms with van der Waals surface area (Å²) in [6.45, 7) is 6.58. The fraction of sp³-hybridized carbons (Fsp3) is 0.409. The van der Waals surface area contributed by atoms with Gasteiger partial charge < -0.3 is 9.64 Å². The number of nitrogens with zero attached hydrogens (tertiary/aromatic N) is 5. The highest BCUT2D eigenvalue weighted by atomic mass is 32.1. The van der Waals surface area contributed by atoms with Crippen LogP contribution in [0, 0.1) is 11.6 Å². The van der Waals surface area contributed by atoms with Gasteiger partial charge in [-0.05, 0) is 39.5 Å². The first kappa shape index (κ1) is 23.7. The molecule has 3 heterocycles. The van der Waals surface area contributed by atoms with Crippen molar-refractivity contribution in [3.8, 4) is 5.69 Å². The van der Waals surface area contributed by atoms with E-state index in [1.165, 1.54) is 28.7 Å². The Hall–Kier alpha value is -3.41. The smallest absolute Gasteiger partial charge is 0.410 e. The van der Waals surface area contributed by atoms with E-state index in [4.69, 9.17) is 4.74 Å². The van der Waals surface area contributed by atoms with Crippen molar-refractivity contribution in [2.75, 3.05) is 18.4 Å². The molecule has 0 radical (unpaired) electrons. The van der Waals surface area contributed by atoms with Gasteiger partial charge in [0, 0.05) is 36.3 Å². The molecule has 1 N–H and O–H groups in total. The molecule has 2 aromatic heterocycles. The van der Waals surface area contributed by atoms with Crippen molar-refractivity contribution in [2.45, 2.75) is 45.1 Å². The summed E-state index contributed by atoms with van der Waals surface area (Å²) in [6, 6.07) is 2.02. The van der Waals surface area contributed by atoms with Crippen LogP contribution in [0.15, 0.2) is 31.0 Å². The summed E-state index contributed by atoms with van der Waals surface area (Å²) in [4.78, 5) is 35.3. The van der Waals surface area contributed by atoms with Crippen LogP contribution in [0.3, 0.4) is 0 Å². The summed E-state index contributed by atoms with van der Waals surface area (Å²) in [5.41, 5.74) is -1.14. The molecule has 0 saturated carbocycles. The maximum atomic E-state index is 14.5.